The first-order chi connectivity index (χ1) is 15.3. The highest BCUT2D eigenvalue weighted by molar-refractivity contribution is 5.96. The summed E-state index contributed by atoms with van der Waals surface area (Å²) in [4.78, 5) is 19.8. The highest BCUT2D eigenvalue weighted by Gasteiger charge is 2.34. The Morgan fingerprint density at radius 2 is 2.16 bits per heavy atom. The molecule has 32 heavy (non-hydrogen) atoms. The van der Waals surface area contributed by atoms with Crippen LogP contribution in [0.3, 0.4) is 0 Å². The Labute approximate surface area is 188 Å². The first-order valence-corrected chi connectivity index (χ1v) is 10.7. The summed E-state index contributed by atoms with van der Waals surface area (Å²) < 4.78 is 18.7. The van der Waals surface area contributed by atoms with Gasteiger partial charge in [-0.15, -0.1) is 0 Å². The number of carbonyl (C=O) groups is 1. The number of carbonyl (C=O) groups excluding carboxylic acids is 1. The first-order valence-electron chi connectivity index (χ1n) is 10.7. The van der Waals surface area contributed by atoms with Crippen LogP contribution in [0.4, 0.5) is 4.39 Å². The Hall–Kier alpha value is -3.19. The number of aliphatic imine (C=N–C) groups is 1. The van der Waals surface area contributed by atoms with Crippen molar-refractivity contribution in [2.24, 2.45) is 16.6 Å². The highest BCUT2D eigenvalue weighted by Crippen LogP contribution is 2.30. The van der Waals surface area contributed by atoms with Gasteiger partial charge in [0.25, 0.3) is 5.91 Å². The molecule has 2 aromatic carbocycles. The number of phenolic OH excluding ortho intramolecular Hbond substituents is 1. The van der Waals surface area contributed by atoms with E-state index in [-0.39, 0.29) is 23.4 Å². The van der Waals surface area contributed by atoms with Crippen LogP contribution in [-0.2, 0) is 4.74 Å². The van der Waals surface area contributed by atoms with Gasteiger partial charge < -0.3 is 20.5 Å². The standard InChI is InChI=1S/C25H30FN3O3/c1-16(10-12-32-3)23(27)28-24-19(14-18-5-4-6-21(30)15-18)9-11-29(24)25(31)22-8-7-20(26)13-17(22)2/h4-8,13-16,24,30H,9-12H2,1-3H3,(H2,27,28)/b19-14+. The van der Waals surface area contributed by atoms with Crippen molar-refractivity contribution >= 4 is 17.8 Å². The summed E-state index contributed by atoms with van der Waals surface area (Å²) in [6, 6.07) is 11.1. The first kappa shape index (κ1) is 23.5. The van der Waals surface area contributed by atoms with E-state index >= 15 is 0 Å². The third-order valence-electron chi connectivity index (χ3n) is 5.70. The number of nitrogens with two attached hydrogens (primary N) is 1. The molecule has 6 nitrogen and oxygen atoms in total. The number of likely N-dealkylation sites (tertiary alicyclic amines) is 1. The van der Waals surface area contributed by atoms with E-state index in [4.69, 9.17) is 15.5 Å². The fourth-order valence-electron chi connectivity index (χ4n) is 3.77. The molecule has 0 radical (unpaired) electrons. The van der Waals surface area contributed by atoms with Gasteiger partial charge in [-0.25, -0.2) is 9.38 Å². The lowest BCUT2D eigenvalue weighted by atomic mass is 10.1. The van der Waals surface area contributed by atoms with E-state index in [1.807, 2.05) is 19.1 Å². The molecule has 2 unspecified atom stereocenters. The fourth-order valence-corrected chi connectivity index (χ4v) is 3.77. The number of ether oxygens (including phenoxy) is 1. The molecule has 2 atom stereocenters. The third kappa shape index (κ3) is 5.53. The predicted octanol–water partition coefficient (Wildman–Crippen LogP) is 4.13. The molecule has 0 spiro atoms. The highest BCUT2D eigenvalue weighted by atomic mass is 19.1. The summed E-state index contributed by atoms with van der Waals surface area (Å²) in [5.74, 6) is 0.00932. The summed E-state index contributed by atoms with van der Waals surface area (Å²) in [5.41, 5.74) is 9.06. The molecule has 7 heteroatoms. The zero-order valence-electron chi connectivity index (χ0n) is 18.7. The third-order valence-corrected chi connectivity index (χ3v) is 5.70. The van der Waals surface area contributed by atoms with Crippen molar-refractivity contribution in [1.29, 1.82) is 0 Å². The van der Waals surface area contributed by atoms with Crippen LogP contribution in [0.1, 0.15) is 41.3 Å². The van der Waals surface area contributed by atoms with Gasteiger partial charge in [-0.05, 0) is 66.8 Å². The molecule has 1 heterocycles. The minimum absolute atomic E-state index is 0.0120. The minimum atomic E-state index is -0.570. The quantitative estimate of drug-likeness (QED) is 0.502. The normalized spacial score (nSPS) is 18.9. The van der Waals surface area contributed by atoms with Gasteiger partial charge in [-0.2, -0.15) is 0 Å². The van der Waals surface area contributed by atoms with E-state index in [0.29, 0.717) is 36.5 Å². The van der Waals surface area contributed by atoms with Crippen LogP contribution in [0.5, 0.6) is 5.75 Å². The Kier molecular flexibility index (Phi) is 7.64. The fraction of sp³-hybridized carbons (Fsp3) is 0.360. The van der Waals surface area contributed by atoms with Gasteiger partial charge >= 0.3 is 0 Å². The average molecular weight is 440 g/mol. The van der Waals surface area contributed by atoms with Crippen molar-refractivity contribution in [2.75, 3.05) is 20.3 Å². The smallest absolute Gasteiger partial charge is 0.256 e. The van der Waals surface area contributed by atoms with E-state index in [2.05, 4.69) is 0 Å². The lowest BCUT2D eigenvalue weighted by Gasteiger charge is -2.24. The van der Waals surface area contributed by atoms with Crippen LogP contribution in [-0.4, -0.2) is 48.2 Å². The summed E-state index contributed by atoms with van der Waals surface area (Å²) in [6.07, 6.45) is 2.70. The minimum Gasteiger partial charge on any atom is -0.508 e. The number of phenols is 1. The molecule has 0 aromatic heterocycles. The van der Waals surface area contributed by atoms with Crippen LogP contribution < -0.4 is 5.73 Å². The molecular formula is C25H30FN3O3. The Balaban J connectivity index is 1.97. The number of hydrogen-bond donors (Lipinski definition) is 2. The molecule has 2 aromatic rings. The molecule has 1 fully saturated rings. The number of halogens is 1. The largest absolute Gasteiger partial charge is 0.508 e. The molecule has 0 aliphatic carbocycles. The summed E-state index contributed by atoms with van der Waals surface area (Å²) in [6.45, 7) is 4.72. The molecule has 170 valence electrons. The van der Waals surface area contributed by atoms with Crippen molar-refractivity contribution in [2.45, 2.75) is 32.9 Å². The van der Waals surface area contributed by atoms with Crippen molar-refractivity contribution in [3.8, 4) is 5.75 Å². The van der Waals surface area contributed by atoms with Crippen LogP contribution in [0.25, 0.3) is 6.08 Å². The molecule has 3 rings (SSSR count). The Morgan fingerprint density at radius 1 is 1.38 bits per heavy atom. The Bertz CT molecular complexity index is 1030. The second kappa shape index (κ2) is 10.4. The number of nitrogens with zero attached hydrogens (tertiary/aromatic N) is 2. The van der Waals surface area contributed by atoms with E-state index in [9.17, 15) is 14.3 Å². The van der Waals surface area contributed by atoms with Crippen LogP contribution >= 0.6 is 0 Å². The number of amides is 1. The zero-order valence-corrected chi connectivity index (χ0v) is 18.7. The van der Waals surface area contributed by atoms with E-state index in [0.717, 1.165) is 17.6 Å². The Morgan fingerprint density at radius 3 is 2.84 bits per heavy atom. The number of amidine groups is 1. The second-order valence-corrected chi connectivity index (χ2v) is 8.13. The van der Waals surface area contributed by atoms with Gasteiger partial charge in [-0.1, -0.05) is 25.1 Å². The van der Waals surface area contributed by atoms with Crippen molar-refractivity contribution in [3.63, 3.8) is 0 Å². The lowest BCUT2D eigenvalue weighted by molar-refractivity contribution is 0.0750. The topological polar surface area (TPSA) is 88.2 Å². The van der Waals surface area contributed by atoms with Crippen molar-refractivity contribution in [1.82, 2.24) is 4.90 Å². The van der Waals surface area contributed by atoms with E-state index in [1.165, 1.54) is 18.2 Å². The van der Waals surface area contributed by atoms with Gasteiger partial charge in [0.2, 0.25) is 0 Å². The van der Waals surface area contributed by atoms with Crippen molar-refractivity contribution < 1.29 is 19.0 Å². The molecule has 0 bridgehead atoms. The van der Waals surface area contributed by atoms with Crippen LogP contribution in [0.2, 0.25) is 0 Å². The number of rotatable bonds is 7. The van der Waals surface area contributed by atoms with Crippen LogP contribution in [0, 0.1) is 18.7 Å². The summed E-state index contributed by atoms with van der Waals surface area (Å²) >= 11 is 0. The lowest BCUT2D eigenvalue weighted by Crippen LogP contribution is -2.37. The maximum absolute atomic E-state index is 13.6. The van der Waals surface area contributed by atoms with Gasteiger partial charge in [-0.3, -0.25) is 4.79 Å². The average Bonchev–Trinajstić information content (AvgIpc) is 3.13. The van der Waals surface area contributed by atoms with E-state index in [1.54, 1.807) is 37.1 Å². The molecule has 1 aliphatic rings. The van der Waals surface area contributed by atoms with Crippen LogP contribution in [0.15, 0.2) is 53.0 Å². The molecule has 0 saturated carbocycles. The van der Waals surface area contributed by atoms with Gasteiger partial charge in [0.15, 0.2) is 0 Å². The van der Waals surface area contributed by atoms with Gasteiger partial charge in [0, 0.05) is 31.7 Å². The molecule has 1 aliphatic heterocycles. The summed E-state index contributed by atoms with van der Waals surface area (Å²) in [5, 5.41) is 9.81. The number of hydrogen-bond acceptors (Lipinski definition) is 4. The number of aryl methyl sites for hydroxylation is 1. The monoisotopic (exact) mass is 439 g/mol. The molecule has 1 saturated heterocycles. The van der Waals surface area contributed by atoms with Crippen molar-refractivity contribution in [3.05, 3.63) is 70.5 Å². The number of methoxy groups -OCH3 is 1. The molecule has 3 N–H and O–H groups in total. The number of aromatic hydroxyl groups is 1. The number of benzene rings is 2. The second-order valence-electron chi connectivity index (χ2n) is 8.13. The maximum atomic E-state index is 13.6. The summed E-state index contributed by atoms with van der Waals surface area (Å²) in [7, 11) is 1.64. The predicted molar refractivity (Wildman–Crippen MR) is 124 cm³/mol. The van der Waals surface area contributed by atoms with Gasteiger partial charge in [0.1, 0.15) is 17.7 Å². The maximum Gasteiger partial charge on any atom is 0.256 e. The zero-order chi connectivity index (χ0) is 23.3. The SMILES string of the molecule is COCCC(C)C(N)=NC1/C(=C/c2cccc(O)c2)CCN1C(=O)c1ccc(F)cc1C. The molecular weight excluding hydrogens is 409 g/mol. The van der Waals surface area contributed by atoms with E-state index < -0.39 is 6.17 Å². The molecule has 1 amide bonds. The van der Waals surface area contributed by atoms with Gasteiger partial charge in [0.05, 0.1) is 5.84 Å².